The molecule has 0 N–H and O–H groups in total. The third-order valence-corrected chi connectivity index (χ3v) is 5.85. The van der Waals surface area contributed by atoms with E-state index < -0.39 is 0 Å². The van der Waals surface area contributed by atoms with E-state index in [4.69, 9.17) is 9.84 Å². The highest BCUT2D eigenvalue weighted by Gasteiger charge is 2.25. The quantitative estimate of drug-likeness (QED) is 0.379. The SMILES string of the molecule is Cc1ccc(Oc2ccc3c(-c4c(-c5ccccn5)nn5c4CCC5)ccnc3c2)cn1. The molecule has 6 rings (SSSR count). The Hall–Kier alpha value is -4.06. The lowest BCUT2D eigenvalue weighted by Crippen LogP contribution is -1.94. The van der Waals surface area contributed by atoms with E-state index >= 15 is 0 Å². The molecule has 6 nitrogen and oxygen atoms in total. The van der Waals surface area contributed by atoms with Crippen LogP contribution in [0.4, 0.5) is 0 Å². The summed E-state index contributed by atoms with van der Waals surface area (Å²) >= 11 is 0. The smallest absolute Gasteiger partial charge is 0.145 e. The van der Waals surface area contributed by atoms with Gasteiger partial charge in [0, 0.05) is 47.3 Å². The van der Waals surface area contributed by atoms with Gasteiger partial charge in [0.25, 0.3) is 0 Å². The second-order valence-electron chi connectivity index (χ2n) is 7.99. The van der Waals surface area contributed by atoms with Gasteiger partial charge >= 0.3 is 0 Å². The van der Waals surface area contributed by atoms with Crippen molar-refractivity contribution in [3.05, 3.63) is 84.6 Å². The molecule has 0 atom stereocenters. The van der Waals surface area contributed by atoms with E-state index in [9.17, 15) is 0 Å². The van der Waals surface area contributed by atoms with E-state index in [1.807, 2.05) is 61.8 Å². The van der Waals surface area contributed by atoms with Crippen LogP contribution in [-0.2, 0) is 13.0 Å². The second-order valence-corrected chi connectivity index (χ2v) is 7.99. The Balaban J connectivity index is 1.47. The van der Waals surface area contributed by atoms with Crippen molar-refractivity contribution in [2.75, 3.05) is 0 Å². The molecule has 1 aliphatic rings. The number of rotatable bonds is 4. The molecule has 5 aromatic rings. The fraction of sp³-hybridized carbons (Fsp3) is 0.154. The first kappa shape index (κ1) is 18.7. The summed E-state index contributed by atoms with van der Waals surface area (Å²) in [5.74, 6) is 1.44. The van der Waals surface area contributed by atoms with Gasteiger partial charge in [-0.25, -0.2) is 0 Å². The summed E-state index contributed by atoms with van der Waals surface area (Å²) in [6, 6.07) is 17.9. The van der Waals surface area contributed by atoms with Gasteiger partial charge in [-0.15, -0.1) is 0 Å². The van der Waals surface area contributed by atoms with Crippen molar-refractivity contribution in [3.8, 4) is 34.0 Å². The number of benzene rings is 1. The van der Waals surface area contributed by atoms with Gasteiger partial charge < -0.3 is 4.74 Å². The maximum absolute atomic E-state index is 6.01. The topological polar surface area (TPSA) is 65.7 Å². The van der Waals surface area contributed by atoms with Gasteiger partial charge in [-0.05, 0) is 67.8 Å². The first-order chi connectivity index (χ1) is 15.8. The predicted molar refractivity (Wildman–Crippen MR) is 124 cm³/mol. The fourth-order valence-corrected chi connectivity index (χ4v) is 4.36. The number of pyridine rings is 3. The van der Waals surface area contributed by atoms with Gasteiger partial charge in [0.2, 0.25) is 0 Å². The van der Waals surface area contributed by atoms with E-state index in [0.717, 1.165) is 64.2 Å². The van der Waals surface area contributed by atoms with Crippen LogP contribution in [-0.4, -0.2) is 24.7 Å². The number of aryl methyl sites for hydroxylation is 2. The predicted octanol–water partition coefficient (Wildman–Crippen LogP) is 5.60. The van der Waals surface area contributed by atoms with E-state index in [0.29, 0.717) is 5.75 Å². The molecular formula is C26H21N5O. The molecule has 5 heterocycles. The number of fused-ring (bicyclic) bond motifs is 2. The highest BCUT2D eigenvalue weighted by molar-refractivity contribution is 5.99. The lowest BCUT2D eigenvalue weighted by molar-refractivity contribution is 0.480. The van der Waals surface area contributed by atoms with Crippen LogP contribution in [0.2, 0.25) is 0 Å². The number of hydrogen-bond donors (Lipinski definition) is 0. The number of hydrogen-bond acceptors (Lipinski definition) is 5. The minimum absolute atomic E-state index is 0.706. The summed E-state index contributed by atoms with van der Waals surface area (Å²) in [5.41, 5.74) is 7.21. The molecule has 0 saturated heterocycles. The van der Waals surface area contributed by atoms with Crippen molar-refractivity contribution in [3.63, 3.8) is 0 Å². The summed E-state index contributed by atoms with van der Waals surface area (Å²) in [6.07, 6.45) is 7.54. The molecule has 0 radical (unpaired) electrons. The van der Waals surface area contributed by atoms with Crippen molar-refractivity contribution in [2.45, 2.75) is 26.3 Å². The van der Waals surface area contributed by atoms with Crippen LogP contribution in [0.1, 0.15) is 17.8 Å². The molecule has 0 fully saturated rings. The first-order valence-electron chi connectivity index (χ1n) is 10.8. The minimum atomic E-state index is 0.706. The van der Waals surface area contributed by atoms with Crippen LogP contribution in [0.3, 0.4) is 0 Å². The molecule has 156 valence electrons. The normalized spacial score (nSPS) is 12.8. The Bertz CT molecular complexity index is 1420. The highest BCUT2D eigenvalue weighted by Crippen LogP contribution is 2.40. The second kappa shape index (κ2) is 7.57. The Morgan fingerprint density at radius 2 is 1.84 bits per heavy atom. The standard InChI is InChI=1S/C26H21N5O/c1-17-7-8-19(16-29-17)32-18-9-10-20-21(11-13-28-23(20)15-18)25-24-6-4-14-31(24)30-26(25)22-5-2-3-12-27-22/h2-3,5,7-13,15-16H,4,6,14H2,1H3. The molecule has 4 aromatic heterocycles. The maximum atomic E-state index is 6.01. The van der Waals surface area contributed by atoms with Gasteiger partial charge in [-0.2, -0.15) is 5.10 Å². The lowest BCUT2D eigenvalue weighted by atomic mass is 9.96. The molecule has 0 spiro atoms. The summed E-state index contributed by atoms with van der Waals surface area (Å²) in [5, 5.41) is 6.00. The summed E-state index contributed by atoms with van der Waals surface area (Å²) in [7, 11) is 0. The minimum Gasteiger partial charge on any atom is -0.456 e. The maximum Gasteiger partial charge on any atom is 0.145 e. The molecule has 0 unspecified atom stereocenters. The van der Waals surface area contributed by atoms with E-state index in [1.165, 1.54) is 5.69 Å². The Labute approximate surface area is 185 Å². The summed E-state index contributed by atoms with van der Waals surface area (Å²) < 4.78 is 8.14. The zero-order valence-electron chi connectivity index (χ0n) is 17.7. The third-order valence-electron chi connectivity index (χ3n) is 5.85. The van der Waals surface area contributed by atoms with Crippen LogP contribution in [0.25, 0.3) is 33.4 Å². The van der Waals surface area contributed by atoms with Crippen LogP contribution in [0, 0.1) is 6.92 Å². The summed E-state index contributed by atoms with van der Waals surface area (Å²) in [4.78, 5) is 13.5. The number of aromatic nitrogens is 5. The molecule has 0 saturated carbocycles. The molecule has 0 aliphatic carbocycles. The van der Waals surface area contributed by atoms with Crippen LogP contribution >= 0.6 is 0 Å². The highest BCUT2D eigenvalue weighted by atomic mass is 16.5. The van der Waals surface area contributed by atoms with Crippen molar-refractivity contribution in [1.29, 1.82) is 0 Å². The molecule has 1 aromatic carbocycles. The van der Waals surface area contributed by atoms with Crippen LogP contribution in [0.15, 0.2) is 73.2 Å². The summed E-state index contributed by atoms with van der Waals surface area (Å²) in [6.45, 7) is 2.90. The largest absolute Gasteiger partial charge is 0.456 e. The van der Waals surface area contributed by atoms with Crippen molar-refractivity contribution in [2.24, 2.45) is 0 Å². The third kappa shape index (κ3) is 3.21. The van der Waals surface area contributed by atoms with Gasteiger partial charge in [0.15, 0.2) is 0 Å². The fourth-order valence-electron chi connectivity index (χ4n) is 4.36. The van der Waals surface area contributed by atoms with Crippen LogP contribution < -0.4 is 4.74 Å². The Morgan fingerprint density at radius 1 is 0.906 bits per heavy atom. The molecule has 0 bridgehead atoms. The van der Waals surface area contributed by atoms with Crippen molar-refractivity contribution < 1.29 is 4.74 Å². The average Bonchev–Trinajstić information content (AvgIpc) is 3.42. The van der Waals surface area contributed by atoms with E-state index in [2.05, 4.69) is 31.8 Å². The van der Waals surface area contributed by atoms with Crippen molar-refractivity contribution >= 4 is 10.9 Å². The van der Waals surface area contributed by atoms with Crippen LogP contribution in [0.5, 0.6) is 11.5 Å². The molecule has 0 amide bonds. The lowest BCUT2D eigenvalue weighted by Gasteiger charge is -2.11. The Morgan fingerprint density at radius 3 is 2.69 bits per heavy atom. The zero-order chi connectivity index (χ0) is 21.5. The molecule has 6 heteroatoms. The Kier molecular flexibility index (Phi) is 4.42. The van der Waals surface area contributed by atoms with Gasteiger partial charge in [-0.3, -0.25) is 19.6 Å². The van der Waals surface area contributed by atoms with Gasteiger partial charge in [-0.1, -0.05) is 6.07 Å². The van der Waals surface area contributed by atoms with E-state index in [1.54, 1.807) is 6.20 Å². The molecular weight excluding hydrogens is 398 g/mol. The van der Waals surface area contributed by atoms with Crippen molar-refractivity contribution in [1.82, 2.24) is 24.7 Å². The average molecular weight is 419 g/mol. The zero-order valence-corrected chi connectivity index (χ0v) is 17.7. The first-order valence-corrected chi connectivity index (χ1v) is 10.8. The van der Waals surface area contributed by atoms with E-state index in [-0.39, 0.29) is 0 Å². The monoisotopic (exact) mass is 419 g/mol. The van der Waals surface area contributed by atoms with Gasteiger partial charge in [0.05, 0.1) is 17.4 Å². The van der Waals surface area contributed by atoms with Gasteiger partial charge in [0.1, 0.15) is 17.2 Å². The number of nitrogens with zero attached hydrogens (tertiary/aromatic N) is 5. The molecule has 1 aliphatic heterocycles. The molecule has 32 heavy (non-hydrogen) atoms. The number of ether oxygens (including phenoxy) is 1.